The first-order valence-corrected chi connectivity index (χ1v) is 6.11. The first-order chi connectivity index (χ1) is 7.77. The second kappa shape index (κ2) is 3.99. The average molecular weight is 222 g/mol. The number of rotatable bonds is 0. The molecule has 3 nitrogen and oxygen atoms in total. The highest BCUT2D eigenvalue weighted by molar-refractivity contribution is 5.32. The molecule has 2 aliphatic heterocycles. The van der Waals surface area contributed by atoms with Gasteiger partial charge in [-0.15, -0.1) is 0 Å². The summed E-state index contributed by atoms with van der Waals surface area (Å²) in [4.78, 5) is 0. The van der Waals surface area contributed by atoms with Gasteiger partial charge in [-0.05, 0) is 30.4 Å². The molecule has 1 saturated heterocycles. The molecule has 1 fully saturated rings. The molecule has 3 heteroatoms. The van der Waals surface area contributed by atoms with Gasteiger partial charge in [0.25, 0.3) is 0 Å². The molecule has 2 heterocycles. The third kappa shape index (κ3) is 1.83. The predicted octanol–water partition coefficient (Wildman–Crippen LogP) is 1.92. The van der Waals surface area contributed by atoms with Gasteiger partial charge in [-0.25, -0.2) is 0 Å². The average Bonchev–Trinajstić information content (AvgIpc) is 2.33. The molecule has 0 aromatic carbocycles. The normalized spacial score (nSPS) is 38.9. The zero-order valence-corrected chi connectivity index (χ0v) is 9.45. The molecule has 1 aliphatic carbocycles. The minimum atomic E-state index is -0.445. The van der Waals surface area contributed by atoms with E-state index in [0.29, 0.717) is 13.2 Å². The molecule has 16 heavy (non-hydrogen) atoms. The van der Waals surface area contributed by atoms with E-state index < -0.39 is 5.79 Å². The Balaban J connectivity index is 1.76. The zero-order valence-electron chi connectivity index (χ0n) is 9.45. The minimum absolute atomic E-state index is 0.313. The lowest BCUT2D eigenvalue weighted by molar-refractivity contribution is -0.271. The summed E-state index contributed by atoms with van der Waals surface area (Å²) in [7, 11) is 0. The van der Waals surface area contributed by atoms with E-state index in [9.17, 15) is 5.11 Å². The van der Waals surface area contributed by atoms with Crippen LogP contribution in [0.25, 0.3) is 0 Å². The summed E-state index contributed by atoms with van der Waals surface area (Å²) in [6, 6.07) is 0. The zero-order chi connectivity index (χ0) is 11.0. The van der Waals surface area contributed by atoms with Crippen LogP contribution in [0, 0.1) is 0 Å². The smallest absolute Gasteiger partial charge is 0.172 e. The summed E-state index contributed by atoms with van der Waals surface area (Å²) in [5.74, 6) is -0.445. The largest absolute Gasteiger partial charge is 0.391 e. The van der Waals surface area contributed by atoms with Gasteiger partial charge in [0, 0.05) is 12.8 Å². The van der Waals surface area contributed by atoms with Gasteiger partial charge in [0.15, 0.2) is 5.79 Å². The molecule has 2 atom stereocenters. The number of aliphatic hydroxyl groups excluding tert-OH is 1. The summed E-state index contributed by atoms with van der Waals surface area (Å²) < 4.78 is 11.6. The third-order valence-corrected chi connectivity index (χ3v) is 3.75. The van der Waals surface area contributed by atoms with Crippen LogP contribution in [-0.4, -0.2) is 30.2 Å². The van der Waals surface area contributed by atoms with Crippen LogP contribution in [0.4, 0.5) is 0 Å². The molecule has 1 N–H and O–H groups in total. The fourth-order valence-corrected chi connectivity index (χ4v) is 2.71. The van der Waals surface area contributed by atoms with Gasteiger partial charge in [-0.3, -0.25) is 0 Å². The second-order valence-electron chi connectivity index (χ2n) is 4.95. The lowest BCUT2D eigenvalue weighted by Crippen LogP contribution is -2.46. The Bertz CT molecular complexity index is 335. The van der Waals surface area contributed by atoms with Crippen LogP contribution < -0.4 is 0 Å². The number of hydrogen-bond acceptors (Lipinski definition) is 3. The first kappa shape index (κ1) is 10.5. The lowest BCUT2D eigenvalue weighted by atomic mass is 9.87. The van der Waals surface area contributed by atoms with Crippen LogP contribution in [0.5, 0.6) is 0 Å². The van der Waals surface area contributed by atoms with Crippen molar-refractivity contribution in [2.24, 2.45) is 0 Å². The van der Waals surface area contributed by atoms with Crippen LogP contribution in [0.2, 0.25) is 0 Å². The highest BCUT2D eigenvalue weighted by Crippen LogP contribution is 2.39. The van der Waals surface area contributed by atoms with E-state index in [1.165, 1.54) is 11.1 Å². The van der Waals surface area contributed by atoms with E-state index in [1.807, 2.05) is 0 Å². The molecule has 0 bridgehead atoms. The highest BCUT2D eigenvalue weighted by Gasteiger charge is 2.40. The minimum Gasteiger partial charge on any atom is -0.391 e. The Kier molecular flexibility index (Phi) is 2.62. The second-order valence-corrected chi connectivity index (χ2v) is 4.95. The number of hydrogen-bond donors (Lipinski definition) is 1. The molecule has 0 aromatic rings. The first-order valence-electron chi connectivity index (χ1n) is 6.11. The maximum Gasteiger partial charge on any atom is 0.172 e. The van der Waals surface area contributed by atoms with Gasteiger partial charge in [0.1, 0.15) is 0 Å². The Hall–Kier alpha value is -0.640. The van der Waals surface area contributed by atoms with E-state index in [2.05, 4.69) is 12.2 Å². The van der Waals surface area contributed by atoms with E-state index in [1.54, 1.807) is 0 Å². The molecule has 0 radical (unpaired) electrons. The topological polar surface area (TPSA) is 38.7 Å². The SMILES string of the molecule is O[C@H]1CC[C@]2(CC3=C(CCC=C3)CO2)OC1. The maximum atomic E-state index is 9.45. The van der Waals surface area contributed by atoms with Crippen LogP contribution in [0.3, 0.4) is 0 Å². The van der Waals surface area contributed by atoms with Crippen molar-refractivity contribution < 1.29 is 14.6 Å². The van der Waals surface area contributed by atoms with Gasteiger partial charge in [-0.1, -0.05) is 12.2 Å². The van der Waals surface area contributed by atoms with Crippen molar-refractivity contribution in [2.75, 3.05) is 13.2 Å². The summed E-state index contributed by atoms with van der Waals surface area (Å²) >= 11 is 0. The van der Waals surface area contributed by atoms with Crippen molar-refractivity contribution in [3.63, 3.8) is 0 Å². The molecular weight excluding hydrogens is 204 g/mol. The summed E-state index contributed by atoms with van der Waals surface area (Å²) in [6.45, 7) is 1.11. The van der Waals surface area contributed by atoms with Crippen molar-refractivity contribution in [1.82, 2.24) is 0 Å². The van der Waals surface area contributed by atoms with Crippen LogP contribution in [-0.2, 0) is 9.47 Å². The Morgan fingerprint density at radius 3 is 3.12 bits per heavy atom. The summed E-state index contributed by atoms with van der Waals surface area (Å²) in [6.07, 6.45) is 8.84. The third-order valence-electron chi connectivity index (χ3n) is 3.75. The summed E-state index contributed by atoms with van der Waals surface area (Å²) in [5, 5.41) is 9.45. The summed E-state index contributed by atoms with van der Waals surface area (Å²) in [5.41, 5.74) is 2.83. The van der Waals surface area contributed by atoms with Crippen LogP contribution in [0.1, 0.15) is 32.1 Å². The predicted molar refractivity (Wildman–Crippen MR) is 59.9 cm³/mol. The Morgan fingerprint density at radius 2 is 2.31 bits per heavy atom. The fraction of sp³-hybridized carbons (Fsp3) is 0.692. The van der Waals surface area contributed by atoms with E-state index in [4.69, 9.17) is 9.47 Å². The van der Waals surface area contributed by atoms with Crippen molar-refractivity contribution in [2.45, 2.75) is 44.0 Å². The molecule has 88 valence electrons. The maximum absolute atomic E-state index is 9.45. The van der Waals surface area contributed by atoms with Crippen LogP contribution >= 0.6 is 0 Å². The van der Waals surface area contributed by atoms with Gasteiger partial charge >= 0.3 is 0 Å². The van der Waals surface area contributed by atoms with Crippen molar-refractivity contribution >= 4 is 0 Å². The molecule has 0 saturated carbocycles. The number of ether oxygens (including phenoxy) is 2. The van der Waals surface area contributed by atoms with E-state index in [-0.39, 0.29) is 6.10 Å². The highest BCUT2D eigenvalue weighted by atomic mass is 16.7. The standard InChI is InChI=1S/C13H18O3/c14-12-5-6-13(16-9-12)7-10-3-1-2-4-11(10)8-15-13/h1,3,12,14H,2,4-9H2/t12-,13+/m0/s1. The quantitative estimate of drug-likeness (QED) is 0.680. The van der Waals surface area contributed by atoms with E-state index >= 15 is 0 Å². The lowest BCUT2D eigenvalue weighted by Gasteiger charge is -2.42. The van der Waals surface area contributed by atoms with Crippen molar-refractivity contribution in [1.29, 1.82) is 0 Å². The Labute approximate surface area is 95.7 Å². The van der Waals surface area contributed by atoms with Gasteiger partial charge in [0.05, 0.1) is 19.3 Å². The van der Waals surface area contributed by atoms with Gasteiger partial charge < -0.3 is 14.6 Å². The molecule has 3 aliphatic rings. The molecular formula is C13H18O3. The molecule has 0 amide bonds. The van der Waals surface area contributed by atoms with Crippen LogP contribution in [0.15, 0.2) is 23.3 Å². The monoisotopic (exact) mass is 222 g/mol. The van der Waals surface area contributed by atoms with E-state index in [0.717, 1.165) is 32.1 Å². The number of allylic oxidation sites excluding steroid dienone is 2. The number of aliphatic hydroxyl groups is 1. The van der Waals surface area contributed by atoms with Gasteiger partial charge in [-0.2, -0.15) is 0 Å². The van der Waals surface area contributed by atoms with Gasteiger partial charge in [0.2, 0.25) is 0 Å². The fourth-order valence-electron chi connectivity index (χ4n) is 2.71. The Morgan fingerprint density at radius 1 is 1.38 bits per heavy atom. The molecule has 0 aromatic heterocycles. The van der Waals surface area contributed by atoms with Crippen molar-refractivity contribution in [3.05, 3.63) is 23.3 Å². The molecule has 0 unspecified atom stereocenters. The van der Waals surface area contributed by atoms with Crippen molar-refractivity contribution in [3.8, 4) is 0 Å². The molecule has 1 spiro atoms. The molecule has 3 rings (SSSR count).